The van der Waals surface area contributed by atoms with E-state index < -0.39 is 0 Å². The van der Waals surface area contributed by atoms with Crippen molar-refractivity contribution in [3.05, 3.63) is 70.8 Å². The maximum atomic E-state index is 12.7. The van der Waals surface area contributed by atoms with Gasteiger partial charge in [0, 0.05) is 25.6 Å². The van der Waals surface area contributed by atoms with Gasteiger partial charge >= 0.3 is 0 Å². The van der Waals surface area contributed by atoms with Gasteiger partial charge in [-0.25, -0.2) is 0 Å². The van der Waals surface area contributed by atoms with Gasteiger partial charge in [0.05, 0.1) is 0 Å². The van der Waals surface area contributed by atoms with Crippen LogP contribution >= 0.6 is 0 Å². The average Bonchev–Trinajstić information content (AvgIpc) is 3.08. The Morgan fingerprint density at radius 1 is 0.812 bits per heavy atom. The fourth-order valence-electron chi connectivity index (χ4n) is 5.07. The summed E-state index contributed by atoms with van der Waals surface area (Å²) >= 11 is 0. The van der Waals surface area contributed by atoms with E-state index in [4.69, 9.17) is 0 Å². The first-order valence-electron chi connectivity index (χ1n) is 12.5. The third-order valence-corrected chi connectivity index (χ3v) is 7.04. The number of rotatable bonds is 7. The van der Waals surface area contributed by atoms with Crippen molar-refractivity contribution in [3.8, 4) is 0 Å². The zero-order valence-electron chi connectivity index (χ0n) is 19.7. The fraction of sp³-hybridized carbons (Fsp3) is 0.536. The number of amides is 1. The number of hydrogen-bond acceptors (Lipinski definition) is 3. The molecular weight excluding hydrogens is 394 g/mol. The Labute approximate surface area is 194 Å². The average molecular weight is 434 g/mol. The molecule has 2 aromatic carbocycles. The minimum Gasteiger partial charge on any atom is -0.352 e. The molecule has 0 atom stereocenters. The molecule has 172 valence electrons. The lowest BCUT2D eigenvalue weighted by Crippen LogP contribution is -2.40. The number of hydrogen-bond donors (Lipinski definition) is 1. The van der Waals surface area contributed by atoms with Crippen LogP contribution in [-0.2, 0) is 24.4 Å². The molecule has 32 heavy (non-hydrogen) atoms. The zero-order valence-corrected chi connectivity index (χ0v) is 19.7. The predicted molar refractivity (Wildman–Crippen MR) is 131 cm³/mol. The summed E-state index contributed by atoms with van der Waals surface area (Å²) in [7, 11) is 0. The monoisotopic (exact) mass is 433 g/mol. The van der Waals surface area contributed by atoms with E-state index >= 15 is 0 Å². The van der Waals surface area contributed by atoms with Gasteiger partial charge in [-0.1, -0.05) is 66.9 Å². The second-order valence-electron chi connectivity index (χ2n) is 9.76. The number of likely N-dealkylation sites (tertiary alicyclic amines) is 2. The molecule has 0 aliphatic carbocycles. The highest BCUT2D eigenvalue weighted by atomic mass is 16.1. The minimum absolute atomic E-state index is 0.145. The molecule has 4 heteroatoms. The lowest BCUT2D eigenvalue weighted by molar-refractivity contribution is -0.126. The highest BCUT2D eigenvalue weighted by Gasteiger charge is 2.24. The van der Waals surface area contributed by atoms with Crippen molar-refractivity contribution in [3.63, 3.8) is 0 Å². The van der Waals surface area contributed by atoms with E-state index in [0.29, 0.717) is 6.54 Å². The SMILES string of the molecule is Cc1cccc(CN2CCC(C(=O)NCc3ccc(CN4CCCCCC4)cc3)CC2)c1. The topological polar surface area (TPSA) is 35.6 Å². The van der Waals surface area contributed by atoms with E-state index in [1.165, 1.54) is 61.0 Å². The third-order valence-electron chi connectivity index (χ3n) is 7.04. The molecule has 0 saturated carbocycles. The van der Waals surface area contributed by atoms with E-state index in [0.717, 1.165) is 39.0 Å². The lowest BCUT2D eigenvalue weighted by Gasteiger charge is -2.31. The first-order chi connectivity index (χ1) is 15.7. The summed E-state index contributed by atoms with van der Waals surface area (Å²) in [4.78, 5) is 17.8. The van der Waals surface area contributed by atoms with Gasteiger partial charge in [-0.3, -0.25) is 14.6 Å². The summed E-state index contributed by atoms with van der Waals surface area (Å²) in [5.41, 5.74) is 5.25. The van der Waals surface area contributed by atoms with Crippen molar-refractivity contribution in [2.75, 3.05) is 26.2 Å². The summed E-state index contributed by atoms with van der Waals surface area (Å²) < 4.78 is 0. The smallest absolute Gasteiger partial charge is 0.223 e. The number of carbonyl (C=O) groups excluding carboxylic acids is 1. The van der Waals surface area contributed by atoms with Gasteiger partial charge in [-0.2, -0.15) is 0 Å². The van der Waals surface area contributed by atoms with Crippen LogP contribution < -0.4 is 5.32 Å². The molecular formula is C28H39N3O. The Morgan fingerprint density at radius 2 is 1.44 bits per heavy atom. The van der Waals surface area contributed by atoms with Gasteiger partial charge in [-0.05, 0) is 75.5 Å². The Bertz CT molecular complexity index is 847. The molecule has 0 spiro atoms. The van der Waals surface area contributed by atoms with Crippen molar-refractivity contribution in [1.82, 2.24) is 15.1 Å². The van der Waals surface area contributed by atoms with Gasteiger partial charge < -0.3 is 5.32 Å². The number of aryl methyl sites for hydroxylation is 1. The number of nitrogens with one attached hydrogen (secondary N) is 1. The van der Waals surface area contributed by atoms with Crippen LogP contribution in [0.1, 0.15) is 60.8 Å². The van der Waals surface area contributed by atoms with Gasteiger partial charge in [0.2, 0.25) is 5.91 Å². The van der Waals surface area contributed by atoms with E-state index in [2.05, 4.69) is 70.6 Å². The Balaban J connectivity index is 1.18. The standard InChI is InChI=1S/C28H39N3O/c1-23-7-6-8-26(19-23)22-31-17-13-27(14-18-31)28(32)29-20-24-9-11-25(12-10-24)21-30-15-4-2-3-5-16-30/h6-12,19,27H,2-5,13-18,20-22H2,1H3,(H,29,32). The molecule has 2 aliphatic heterocycles. The molecule has 2 saturated heterocycles. The first kappa shape index (κ1) is 23.0. The quantitative estimate of drug-likeness (QED) is 0.675. The second-order valence-corrected chi connectivity index (χ2v) is 9.76. The molecule has 1 N–H and O–H groups in total. The summed E-state index contributed by atoms with van der Waals surface area (Å²) in [6.07, 6.45) is 7.31. The molecule has 2 heterocycles. The molecule has 0 radical (unpaired) electrons. The van der Waals surface area contributed by atoms with Gasteiger partial charge in [0.25, 0.3) is 0 Å². The highest BCUT2D eigenvalue weighted by Crippen LogP contribution is 2.20. The van der Waals surface area contributed by atoms with Crippen LogP contribution in [-0.4, -0.2) is 41.9 Å². The molecule has 0 aromatic heterocycles. The van der Waals surface area contributed by atoms with Crippen LogP contribution in [0, 0.1) is 12.8 Å². The van der Waals surface area contributed by atoms with Crippen LogP contribution in [0.3, 0.4) is 0 Å². The number of nitrogens with zero attached hydrogens (tertiary/aromatic N) is 2. The molecule has 4 rings (SSSR count). The van der Waals surface area contributed by atoms with Crippen LogP contribution in [0.4, 0.5) is 0 Å². The van der Waals surface area contributed by atoms with Crippen molar-refractivity contribution in [1.29, 1.82) is 0 Å². The summed E-state index contributed by atoms with van der Waals surface area (Å²) in [6, 6.07) is 17.6. The summed E-state index contributed by atoms with van der Waals surface area (Å²) in [5, 5.41) is 3.18. The lowest BCUT2D eigenvalue weighted by atomic mass is 9.95. The highest BCUT2D eigenvalue weighted by molar-refractivity contribution is 5.78. The van der Waals surface area contributed by atoms with Gasteiger partial charge in [-0.15, -0.1) is 0 Å². The maximum absolute atomic E-state index is 12.7. The van der Waals surface area contributed by atoms with Crippen molar-refractivity contribution in [2.45, 2.75) is 65.1 Å². The molecule has 2 aliphatic rings. The Morgan fingerprint density at radius 3 is 2.12 bits per heavy atom. The minimum atomic E-state index is 0.145. The van der Waals surface area contributed by atoms with E-state index in [9.17, 15) is 4.79 Å². The van der Waals surface area contributed by atoms with E-state index in [-0.39, 0.29) is 11.8 Å². The third kappa shape index (κ3) is 6.91. The van der Waals surface area contributed by atoms with Crippen molar-refractivity contribution < 1.29 is 4.79 Å². The fourth-order valence-corrected chi connectivity index (χ4v) is 5.07. The van der Waals surface area contributed by atoms with Crippen molar-refractivity contribution >= 4 is 5.91 Å². The Kier molecular flexibility index (Phi) is 8.36. The maximum Gasteiger partial charge on any atom is 0.223 e. The largest absolute Gasteiger partial charge is 0.352 e. The zero-order chi connectivity index (χ0) is 22.2. The van der Waals surface area contributed by atoms with Crippen LogP contribution in [0.15, 0.2) is 48.5 Å². The summed E-state index contributed by atoms with van der Waals surface area (Å²) in [6.45, 7) is 9.25. The van der Waals surface area contributed by atoms with Gasteiger partial charge in [0.1, 0.15) is 0 Å². The van der Waals surface area contributed by atoms with Crippen LogP contribution in [0.25, 0.3) is 0 Å². The molecule has 0 unspecified atom stereocenters. The second kappa shape index (κ2) is 11.6. The molecule has 4 nitrogen and oxygen atoms in total. The van der Waals surface area contributed by atoms with E-state index in [1.807, 2.05) is 0 Å². The first-order valence-corrected chi connectivity index (χ1v) is 12.5. The number of piperidine rings is 1. The predicted octanol–water partition coefficient (Wildman–Crippen LogP) is 4.90. The van der Waals surface area contributed by atoms with Crippen LogP contribution in [0.2, 0.25) is 0 Å². The summed E-state index contributed by atoms with van der Waals surface area (Å²) in [5.74, 6) is 0.361. The molecule has 2 aromatic rings. The molecule has 0 bridgehead atoms. The Hall–Kier alpha value is -2.17. The van der Waals surface area contributed by atoms with Gasteiger partial charge in [0.15, 0.2) is 0 Å². The molecule has 2 fully saturated rings. The van der Waals surface area contributed by atoms with Crippen LogP contribution in [0.5, 0.6) is 0 Å². The number of carbonyl (C=O) groups is 1. The van der Waals surface area contributed by atoms with Crippen molar-refractivity contribution in [2.24, 2.45) is 5.92 Å². The molecule has 1 amide bonds. The van der Waals surface area contributed by atoms with E-state index in [1.54, 1.807) is 0 Å². The number of benzene rings is 2. The normalized spacial score (nSPS) is 18.9.